The Morgan fingerprint density at radius 1 is 1.26 bits per heavy atom. The number of nitrogens with zero attached hydrogens (tertiary/aromatic N) is 2. The van der Waals surface area contributed by atoms with E-state index >= 15 is 0 Å². The number of carbonyl (C=O) groups is 3. The summed E-state index contributed by atoms with van der Waals surface area (Å²) >= 11 is 1.31. The maximum atomic E-state index is 12.8. The Labute approximate surface area is 207 Å². The van der Waals surface area contributed by atoms with Gasteiger partial charge < -0.3 is 14.8 Å². The number of aromatic nitrogens is 1. The number of hydrogen-bond donors (Lipinski definition) is 1. The number of aryl methyl sites for hydroxylation is 1. The second-order valence-electron chi connectivity index (χ2n) is 8.39. The number of benzene rings is 2. The van der Waals surface area contributed by atoms with Crippen LogP contribution in [0.1, 0.15) is 51.7 Å². The predicted molar refractivity (Wildman–Crippen MR) is 133 cm³/mol. The third-order valence-corrected chi connectivity index (χ3v) is 6.48. The van der Waals surface area contributed by atoms with Gasteiger partial charge >= 0.3 is 0 Å². The summed E-state index contributed by atoms with van der Waals surface area (Å²) in [6.07, 6.45) is 0.818. The molecular formula is C26H27N3O5S. The molecule has 0 saturated carbocycles. The molecule has 0 saturated heterocycles. The van der Waals surface area contributed by atoms with Crippen LogP contribution in [-0.4, -0.2) is 41.8 Å². The molecule has 1 aliphatic rings. The van der Waals surface area contributed by atoms with Crippen molar-refractivity contribution >= 4 is 34.6 Å². The minimum atomic E-state index is -0.251. The average molecular weight is 494 g/mol. The van der Waals surface area contributed by atoms with Crippen LogP contribution in [0.2, 0.25) is 0 Å². The van der Waals surface area contributed by atoms with Crippen molar-refractivity contribution in [2.75, 3.05) is 18.1 Å². The molecule has 1 N–H and O–H groups in total. The van der Waals surface area contributed by atoms with Crippen molar-refractivity contribution in [1.29, 1.82) is 0 Å². The summed E-state index contributed by atoms with van der Waals surface area (Å²) in [7, 11) is 0. The molecule has 1 unspecified atom stereocenters. The van der Waals surface area contributed by atoms with Crippen LogP contribution in [0, 0.1) is 6.92 Å². The van der Waals surface area contributed by atoms with Crippen molar-refractivity contribution in [2.45, 2.75) is 39.8 Å². The van der Waals surface area contributed by atoms with E-state index in [1.54, 1.807) is 29.6 Å². The van der Waals surface area contributed by atoms with Crippen molar-refractivity contribution < 1.29 is 23.9 Å². The molecule has 3 aromatic rings. The Bertz CT molecular complexity index is 1260. The van der Waals surface area contributed by atoms with Crippen LogP contribution >= 0.6 is 11.3 Å². The monoisotopic (exact) mass is 493 g/mol. The molecule has 0 fully saturated rings. The summed E-state index contributed by atoms with van der Waals surface area (Å²) in [5.74, 6) is 0.418. The number of ketones is 1. The topological polar surface area (TPSA) is 97.8 Å². The zero-order valence-corrected chi connectivity index (χ0v) is 20.7. The first kappa shape index (κ1) is 24.4. The molecular weight excluding hydrogens is 466 g/mol. The van der Waals surface area contributed by atoms with Gasteiger partial charge in [-0.25, -0.2) is 4.98 Å². The lowest BCUT2D eigenvalue weighted by molar-refractivity contribution is -0.121. The summed E-state index contributed by atoms with van der Waals surface area (Å²) < 4.78 is 11.2. The van der Waals surface area contributed by atoms with Crippen LogP contribution in [0.25, 0.3) is 0 Å². The van der Waals surface area contributed by atoms with Gasteiger partial charge in [-0.15, -0.1) is 11.3 Å². The molecule has 8 nitrogen and oxygen atoms in total. The summed E-state index contributed by atoms with van der Waals surface area (Å²) in [5, 5.41) is 5.18. The van der Waals surface area contributed by atoms with E-state index in [0.717, 1.165) is 12.0 Å². The Kier molecular flexibility index (Phi) is 7.45. The SMILES string of the molecule is CCC(C)NC(=O)c1csc(CN2C(=O)COc3ccc(C(=O)COc4cccc(C)c4)cc32)n1. The van der Waals surface area contributed by atoms with Gasteiger partial charge in [-0.3, -0.25) is 19.3 Å². The lowest BCUT2D eigenvalue weighted by Gasteiger charge is -2.29. The number of amides is 2. The molecule has 0 bridgehead atoms. The van der Waals surface area contributed by atoms with Crippen molar-refractivity contribution in [3.63, 3.8) is 0 Å². The molecule has 1 aliphatic heterocycles. The van der Waals surface area contributed by atoms with Crippen molar-refractivity contribution in [2.24, 2.45) is 0 Å². The van der Waals surface area contributed by atoms with Gasteiger partial charge in [-0.1, -0.05) is 19.1 Å². The van der Waals surface area contributed by atoms with Gasteiger partial charge in [0, 0.05) is 17.0 Å². The number of carbonyl (C=O) groups excluding carboxylic acids is 3. The van der Waals surface area contributed by atoms with Crippen LogP contribution in [0.4, 0.5) is 5.69 Å². The number of Topliss-reactive ketones (excluding diaryl/α,β-unsaturated/α-hetero) is 1. The zero-order chi connectivity index (χ0) is 24.9. The molecule has 1 atom stereocenters. The Morgan fingerprint density at radius 2 is 2.09 bits per heavy atom. The standard InChI is InChI=1S/C26H27N3O5S/c1-4-17(3)27-26(32)20-15-35-24(28-20)12-29-21-11-18(8-9-23(21)34-14-25(29)31)22(30)13-33-19-7-5-6-16(2)10-19/h5-11,15,17H,4,12-14H2,1-3H3,(H,27,32). The third-order valence-electron chi connectivity index (χ3n) is 5.65. The van der Waals surface area contributed by atoms with Crippen molar-refractivity contribution in [3.8, 4) is 11.5 Å². The number of fused-ring (bicyclic) bond motifs is 1. The van der Waals surface area contributed by atoms with E-state index in [1.165, 1.54) is 16.2 Å². The Morgan fingerprint density at radius 3 is 2.86 bits per heavy atom. The minimum absolute atomic E-state index is 0.0474. The van der Waals surface area contributed by atoms with E-state index in [2.05, 4.69) is 10.3 Å². The largest absolute Gasteiger partial charge is 0.485 e. The molecule has 9 heteroatoms. The molecule has 0 aliphatic carbocycles. The molecule has 2 aromatic carbocycles. The molecule has 0 spiro atoms. The highest BCUT2D eigenvalue weighted by molar-refractivity contribution is 7.09. The van der Waals surface area contributed by atoms with Crippen LogP contribution in [-0.2, 0) is 11.3 Å². The van der Waals surface area contributed by atoms with E-state index in [4.69, 9.17) is 9.47 Å². The lowest BCUT2D eigenvalue weighted by atomic mass is 10.1. The van der Waals surface area contributed by atoms with Gasteiger partial charge in [0.2, 0.25) is 0 Å². The van der Waals surface area contributed by atoms with E-state index in [9.17, 15) is 14.4 Å². The van der Waals surface area contributed by atoms with Crippen LogP contribution < -0.4 is 19.7 Å². The molecule has 0 radical (unpaired) electrons. The highest BCUT2D eigenvalue weighted by atomic mass is 32.1. The van der Waals surface area contributed by atoms with Crippen LogP contribution in [0.15, 0.2) is 47.8 Å². The number of thiazole rings is 1. The van der Waals surface area contributed by atoms with Crippen LogP contribution in [0.3, 0.4) is 0 Å². The van der Waals surface area contributed by atoms with Crippen LogP contribution in [0.5, 0.6) is 11.5 Å². The van der Waals surface area contributed by atoms with E-state index in [-0.39, 0.29) is 43.4 Å². The maximum absolute atomic E-state index is 12.8. The molecule has 182 valence electrons. The van der Waals surface area contributed by atoms with E-state index in [0.29, 0.717) is 33.5 Å². The molecule has 2 amide bonds. The second-order valence-corrected chi connectivity index (χ2v) is 9.33. The first-order valence-corrected chi connectivity index (χ1v) is 12.3. The van der Waals surface area contributed by atoms with Gasteiger partial charge in [0.25, 0.3) is 11.8 Å². The molecule has 2 heterocycles. The number of nitrogens with one attached hydrogen (secondary N) is 1. The fraction of sp³-hybridized carbons (Fsp3) is 0.308. The first-order chi connectivity index (χ1) is 16.8. The minimum Gasteiger partial charge on any atom is -0.485 e. The first-order valence-electron chi connectivity index (χ1n) is 11.4. The fourth-order valence-electron chi connectivity index (χ4n) is 3.51. The quantitative estimate of drug-likeness (QED) is 0.450. The van der Waals surface area contributed by atoms with Gasteiger partial charge in [0.1, 0.15) is 22.2 Å². The van der Waals surface area contributed by atoms with Gasteiger partial charge in [0.15, 0.2) is 19.0 Å². The summed E-state index contributed by atoms with van der Waals surface area (Å²) in [5.41, 5.74) is 2.26. The third kappa shape index (κ3) is 5.86. The lowest BCUT2D eigenvalue weighted by Crippen LogP contribution is -2.38. The Balaban J connectivity index is 1.49. The highest BCUT2D eigenvalue weighted by Gasteiger charge is 2.28. The van der Waals surface area contributed by atoms with E-state index < -0.39 is 0 Å². The van der Waals surface area contributed by atoms with Gasteiger partial charge in [-0.05, 0) is 56.2 Å². The predicted octanol–water partition coefficient (Wildman–Crippen LogP) is 4.17. The highest BCUT2D eigenvalue weighted by Crippen LogP contribution is 2.34. The Hall–Kier alpha value is -3.72. The smallest absolute Gasteiger partial charge is 0.270 e. The van der Waals surface area contributed by atoms with E-state index in [1.807, 2.05) is 39.0 Å². The summed E-state index contributed by atoms with van der Waals surface area (Å²) in [4.78, 5) is 43.8. The zero-order valence-electron chi connectivity index (χ0n) is 19.9. The van der Waals surface area contributed by atoms with Gasteiger partial charge in [-0.2, -0.15) is 0 Å². The number of ether oxygens (including phenoxy) is 2. The molecule has 1 aromatic heterocycles. The average Bonchev–Trinajstić information content (AvgIpc) is 3.33. The normalized spacial score (nSPS) is 13.6. The maximum Gasteiger partial charge on any atom is 0.270 e. The summed E-state index contributed by atoms with van der Waals surface area (Å²) in [6.45, 7) is 5.81. The molecule has 4 rings (SSSR count). The number of anilines is 1. The van der Waals surface area contributed by atoms with Crippen molar-refractivity contribution in [1.82, 2.24) is 10.3 Å². The van der Waals surface area contributed by atoms with Crippen molar-refractivity contribution in [3.05, 3.63) is 69.7 Å². The molecule has 35 heavy (non-hydrogen) atoms. The van der Waals surface area contributed by atoms with Gasteiger partial charge in [0.05, 0.1) is 12.2 Å². The number of hydrogen-bond acceptors (Lipinski definition) is 7. The summed E-state index contributed by atoms with van der Waals surface area (Å²) in [6, 6.07) is 12.5. The number of rotatable bonds is 9. The second kappa shape index (κ2) is 10.7. The fourth-order valence-corrected chi connectivity index (χ4v) is 4.27.